The highest BCUT2D eigenvalue weighted by Gasteiger charge is 2.28. The highest BCUT2D eigenvalue weighted by Crippen LogP contribution is 2.24. The van der Waals surface area contributed by atoms with Crippen LogP contribution < -0.4 is 5.56 Å². The molecule has 0 saturated heterocycles. The molecule has 1 atom stereocenters. The average molecular weight is 401 g/mol. The molecule has 2 aromatic carbocycles. The van der Waals surface area contributed by atoms with Gasteiger partial charge in [0, 0.05) is 6.54 Å². The second kappa shape index (κ2) is 8.37. The van der Waals surface area contributed by atoms with Crippen LogP contribution in [-0.4, -0.2) is 26.9 Å². The van der Waals surface area contributed by atoms with Gasteiger partial charge in [0.1, 0.15) is 5.82 Å². The van der Waals surface area contributed by atoms with Crippen molar-refractivity contribution in [2.45, 2.75) is 26.3 Å². The molecule has 0 radical (unpaired) electrons. The third kappa shape index (κ3) is 3.52. The minimum Gasteiger partial charge on any atom is -0.459 e. The number of hydrogen-bond acceptors (Lipinski definition) is 4. The summed E-state index contributed by atoms with van der Waals surface area (Å²) in [5, 5.41) is 0.539. The van der Waals surface area contributed by atoms with Crippen LogP contribution in [0.4, 0.5) is 0 Å². The molecule has 0 bridgehead atoms. The molecule has 0 saturated carbocycles. The monoisotopic (exact) mass is 401 g/mol. The van der Waals surface area contributed by atoms with Crippen LogP contribution in [0.1, 0.15) is 42.7 Å². The van der Waals surface area contributed by atoms with E-state index in [1.54, 1.807) is 27.7 Å². The Kier molecular flexibility index (Phi) is 5.48. The fourth-order valence-electron chi connectivity index (χ4n) is 3.65. The molecular weight excluding hydrogens is 378 g/mol. The Morgan fingerprint density at radius 3 is 2.50 bits per heavy atom. The summed E-state index contributed by atoms with van der Waals surface area (Å²) in [7, 11) is 0. The van der Waals surface area contributed by atoms with Crippen LogP contribution >= 0.6 is 0 Å². The van der Waals surface area contributed by atoms with Crippen molar-refractivity contribution in [1.29, 1.82) is 0 Å². The number of furan rings is 1. The highest BCUT2D eigenvalue weighted by molar-refractivity contribution is 5.91. The molecule has 152 valence electrons. The summed E-state index contributed by atoms with van der Waals surface area (Å²) in [5.41, 5.74) is 1.17. The van der Waals surface area contributed by atoms with Crippen molar-refractivity contribution in [2.75, 3.05) is 6.54 Å². The molecule has 2 aromatic heterocycles. The van der Waals surface area contributed by atoms with Crippen LogP contribution in [0.25, 0.3) is 16.6 Å². The largest absolute Gasteiger partial charge is 0.459 e. The number of aromatic nitrogens is 2. The number of carbonyl (C=O) groups is 1. The summed E-state index contributed by atoms with van der Waals surface area (Å²) in [6.45, 7) is 4.41. The van der Waals surface area contributed by atoms with Crippen LogP contribution in [0.15, 0.2) is 82.2 Å². The lowest BCUT2D eigenvalue weighted by Gasteiger charge is -2.29. The molecule has 6 heteroatoms. The van der Waals surface area contributed by atoms with Gasteiger partial charge in [-0.15, -0.1) is 0 Å². The van der Waals surface area contributed by atoms with Crippen LogP contribution in [-0.2, 0) is 0 Å². The molecular formula is C24H23N3O3. The number of amides is 1. The smallest absolute Gasteiger partial charge is 0.290 e. The quantitative estimate of drug-likeness (QED) is 0.474. The van der Waals surface area contributed by atoms with Gasteiger partial charge in [0.2, 0.25) is 0 Å². The van der Waals surface area contributed by atoms with Gasteiger partial charge in [-0.2, -0.15) is 0 Å². The zero-order valence-electron chi connectivity index (χ0n) is 17.0. The van der Waals surface area contributed by atoms with E-state index in [-0.39, 0.29) is 17.2 Å². The Morgan fingerprint density at radius 2 is 1.80 bits per heavy atom. The van der Waals surface area contributed by atoms with Crippen LogP contribution in [0.5, 0.6) is 0 Å². The summed E-state index contributed by atoms with van der Waals surface area (Å²) < 4.78 is 6.94. The predicted molar refractivity (Wildman–Crippen MR) is 116 cm³/mol. The first kappa shape index (κ1) is 19.6. The summed E-state index contributed by atoms with van der Waals surface area (Å²) in [4.78, 5) is 33.1. The van der Waals surface area contributed by atoms with Crippen LogP contribution in [0.2, 0.25) is 0 Å². The lowest BCUT2D eigenvalue weighted by molar-refractivity contribution is 0.0648. The topological polar surface area (TPSA) is 68.3 Å². The lowest BCUT2D eigenvalue weighted by atomic mass is 10.1. The highest BCUT2D eigenvalue weighted by atomic mass is 16.3. The van der Waals surface area contributed by atoms with Gasteiger partial charge in [0.15, 0.2) is 5.76 Å². The average Bonchev–Trinajstić information content (AvgIpc) is 3.32. The van der Waals surface area contributed by atoms with Gasteiger partial charge in [0.25, 0.3) is 11.5 Å². The molecule has 1 unspecified atom stereocenters. The first-order valence-corrected chi connectivity index (χ1v) is 10.0. The van der Waals surface area contributed by atoms with E-state index in [2.05, 4.69) is 0 Å². The maximum Gasteiger partial charge on any atom is 0.290 e. The summed E-state index contributed by atoms with van der Waals surface area (Å²) in [6.07, 6.45) is 2.25. The van der Waals surface area contributed by atoms with Gasteiger partial charge < -0.3 is 9.32 Å². The van der Waals surface area contributed by atoms with Gasteiger partial charge in [-0.05, 0) is 49.7 Å². The normalized spacial score (nSPS) is 12.1. The third-order valence-electron chi connectivity index (χ3n) is 5.11. The van der Waals surface area contributed by atoms with Crippen molar-refractivity contribution in [1.82, 2.24) is 14.5 Å². The molecule has 0 N–H and O–H groups in total. The predicted octanol–water partition coefficient (Wildman–Crippen LogP) is 4.59. The Labute approximate surface area is 174 Å². The van der Waals surface area contributed by atoms with Crippen molar-refractivity contribution in [3.05, 3.63) is 94.9 Å². The molecule has 0 fully saturated rings. The van der Waals surface area contributed by atoms with Crippen molar-refractivity contribution in [3.8, 4) is 5.69 Å². The summed E-state index contributed by atoms with van der Waals surface area (Å²) in [6, 6.07) is 19.6. The number of rotatable bonds is 6. The van der Waals surface area contributed by atoms with Crippen LogP contribution in [0, 0.1) is 0 Å². The van der Waals surface area contributed by atoms with Gasteiger partial charge in [-0.3, -0.25) is 14.2 Å². The van der Waals surface area contributed by atoms with E-state index < -0.39 is 6.04 Å². The Bertz CT molecular complexity index is 1210. The van der Waals surface area contributed by atoms with Crippen molar-refractivity contribution >= 4 is 16.8 Å². The molecule has 6 nitrogen and oxygen atoms in total. The standard InChI is InChI=1S/C24H23N3O3/c1-3-15-26(24(29)21-14-9-16-30-21)17(2)22-25-20-13-8-7-12-19(20)23(28)27(22)18-10-5-4-6-11-18/h4-14,16-17H,3,15H2,1-2H3. The van der Waals surface area contributed by atoms with Gasteiger partial charge in [0.05, 0.1) is 28.9 Å². The molecule has 30 heavy (non-hydrogen) atoms. The zero-order chi connectivity index (χ0) is 21.1. The van der Waals surface area contributed by atoms with E-state index in [1.807, 2.05) is 62.4 Å². The first-order chi connectivity index (χ1) is 14.6. The Hall–Kier alpha value is -3.67. The molecule has 4 aromatic rings. The van der Waals surface area contributed by atoms with E-state index in [0.29, 0.717) is 29.0 Å². The molecule has 2 heterocycles. The summed E-state index contributed by atoms with van der Waals surface area (Å²) in [5.74, 6) is 0.555. The molecule has 0 aliphatic carbocycles. The van der Waals surface area contributed by atoms with Crippen LogP contribution in [0.3, 0.4) is 0 Å². The van der Waals surface area contributed by atoms with E-state index >= 15 is 0 Å². The van der Waals surface area contributed by atoms with Crippen molar-refractivity contribution in [3.63, 3.8) is 0 Å². The number of hydrogen-bond donors (Lipinski definition) is 0. The van der Waals surface area contributed by atoms with Gasteiger partial charge >= 0.3 is 0 Å². The second-order valence-electron chi connectivity index (χ2n) is 7.12. The van der Waals surface area contributed by atoms with E-state index in [1.165, 1.54) is 6.26 Å². The number of carbonyl (C=O) groups excluding carboxylic acids is 1. The Morgan fingerprint density at radius 1 is 1.07 bits per heavy atom. The third-order valence-corrected chi connectivity index (χ3v) is 5.11. The molecule has 0 spiro atoms. The fourth-order valence-corrected chi connectivity index (χ4v) is 3.65. The number of benzene rings is 2. The Balaban J connectivity index is 1.91. The molecule has 4 rings (SSSR count). The number of para-hydroxylation sites is 2. The molecule has 0 aliphatic heterocycles. The molecule has 1 amide bonds. The van der Waals surface area contributed by atoms with E-state index in [4.69, 9.17) is 9.40 Å². The minimum absolute atomic E-state index is 0.157. The molecule has 0 aliphatic rings. The van der Waals surface area contributed by atoms with Crippen molar-refractivity contribution < 1.29 is 9.21 Å². The fraction of sp³-hybridized carbons (Fsp3) is 0.208. The summed E-state index contributed by atoms with van der Waals surface area (Å²) >= 11 is 0. The first-order valence-electron chi connectivity index (χ1n) is 10.0. The van der Waals surface area contributed by atoms with E-state index in [9.17, 15) is 9.59 Å². The minimum atomic E-state index is -0.444. The van der Waals surface area contributed by atoms with Gasteiger partial charge in [-0.1, -0.05) is 37.3 Å². The second-order valence-corrected chi connectivity index (χ2v) is 7.12. The van der Waals surface area contributed by atoms with Gasteiger partial charge in [-0.25, -0.2) is 4.98 Å². The maximum atomic E-state index is 13.4. The number of nitrogens with zero attached hydrogens (tertiary/aromatic N) is 3. The number of fused-ring (bicyclic) bond motifs is 1. The van der Waals surface area contributed by atoms with Crippen molar-refractivity contribution in [2.24, 2.45) is 0 Å². The zero-order valence-corrected chi connectivity index (χ0v) is 17.0. The lowest BCUT2D eigenvalue weighted by Crippen LogP contribution is -2.37. The van der Waals surface area contributed by atoms with E-state index in [0.717, 1.165) is 6.42 Å². The maximum absolute atomic E-state index is 13.4. The SMILES string of the molecule is CCCN(C(=O)c1ccco1)C(C)c1nc2ccccc2c(=O)n1-c1ccccc1.